The zero-order valence-corrected chi connectivity index (χ0v) is 22.0. The van der Waals surface area contributed by atoms with Crippen molar-refractivity contribution in [3.8, 4) is 17.1 Å². The van der Waals surface area contributed by atoms with Gasteiger partial charge in [-0.25, -0.2) is 19.0 Å². The molecule has 2 N–H and O–H groups in total. The molecule has 0 aliphatic rings. The van der Waals surface area contributed by atoms with E-state index in [-0.39, 0.29) is 22.8 Å². The zero-order chi connectivity index (χ0) is 28.3. The van der Waals surface area contributed by atoms with Crippen molar-refractivity contribution in [1.82, 2.24) is 25.1 Å². The summed E-state index contributed by atoms with van der Waals surface area (Å²) in [6.45, 7) is -3.18. The lowest BCUT2D eigenvalue weighted by Gasteiger charge is -2.32. The van der Waals surface area contributed by atoms with Crippen molar-refractivity contribution in [2.45, 2.75) is 25.6 Å². The van der Waals surface area contributed by atoms with Crippen LogP contribution in [0, 0.1) is 12.7 Å². The Hall–Kier alpha value is -3.68. The van der Waals surface area contributed by atoms with Crippen LogP contribution in [0.25, 0.3) is 22.3 Å². The number of nitrogens with zero attached hydrogens (tertiary/aromatic N) is 4. The number of amides is 1. The van der Waals surface area contributed by atoms with Gasteiger partial charge in [-0.05, 0) is 36.8 Å². The van der Waals surface area contributed by atoms with Gasteiger partial charge in [0, 0.05) is 29.3 Å². The van der Waals surface area contributed by atoms with Crippen LogP contribution in [0.1, 0.15) is 16.8 Å². The van der Waals surface area contributed by atoms with Crippen molar-refractivity contribution in [1.29, 1.82) is 0 Å². The van der Waals surface area contributed by atoms with Crippen LogP contribution in [-0.2, 0) is 28.6 Å². The Morgan fingerprint density at radius 3 is 2.74 bits per heavy atom. The number of halogens is 4. The normalized spacial score (nSPS) is 13.0. The van der Waals surface area contributed by atoms with Crippen molar-refractivity contribution in [2.24, 2.45) is 7.05 Å². The van der Waals surface area contributed by atoms with Crippen molar-refractivity contribution in [3.63, 3.8) is 0 Å². The lowest BCUT2D eigenvalue weighted by molar-refractivity contribution is -0.153. The van der Waals surface area contributed by atoms with Crippen molar-refractivity contribution in [2.75, 3.05) is 13.2 Å². The average Bonchev–Trinajstić information content (AvgIpc) is 3.31. The number of carbonyl (C=O) groups is 1. The molecule has 1 amide bonds. The molecule has 0 radical (unpaired) electrons. The SMILES string of the molecule is B[C@@](CO)(NC(=O)COC(F)F)c1cc(F)cc(Cl)c1COc1cccc2c(-c3ncnn3C)cc(C)nc12. The number of aliphatic hydroxyl groups excluding tert-OH is 1. The van der Waals surface area contributed by atoms with E-state index in [1.54, 1.807) is 23.9 Å². The van der Waals surface area contributed by atoms with Gasteiger partial charge < -0.3 is 19.9 Å². The molecular formula is C25H24BClF3N5O4. The van der Waals surface area contributed by atoms with Crippen LogP contribution in [0.4, 0.5) is 13.2 Å². The first kappa shape index (κ1) is 28.3. The summed E-state index contributed by atoms with van der Waals surface area (Å²) in [4.78, 5) is 21.2. The number of aryl methyl sites for hydroxylation is 2. The van der Waals surface area contributed by atoms with Crippen molar-refractivity contribution in [3.05, 3.63) is 70.4 Å². The minimum absolute atomic E-state index is 0.0214. The van der Waals surface area contributed by atoms with Crippen LogP contribution in [0.15, 0.2) is 42.7 Å². The molecule has 2 aromatic carbocycles. The molecule has 14 heteroatoms. The number of hydrogen-bond donors (Lipinski definition) is 2. The van der Waals surface area contributed by atoms with Crippen LogP contribution in [0.2, 0.25) is 5.02 Å². The van der Waals surface area contributed by atoms with Crippen LogP contribution >= 0.6 is 11.6 Å². The number of aliphatic hydroxyl groups is 1. The summed E-state index contributed by atoms with van der Waals surface area (Å²) in [6.07, 6.45) is 1.45. The van der Waals surface area contributed by atoms with E-state index < -0.39 is 37.0 Å². The molecule has 0 aliphatic heterocycles. The largest absolute Gasteiger partial charge is 0.487 e. The second-order valence-electron chi connectivity index (χ2n) is 8.98. The van der Waals surface area contributed by atoms with E-state index in [2.05, 4.69) is 25.1 Å². The van der Waals surface area contributed by atoms with Gasteiger partial charge in [0.15, 0.2) is 5.82 Å². The minimum Gasteiger partial charge on any atom is -0.487 e. The fourth-order valence-corrected chi connectivity index (χ4v) is 4.52. The summed E-state index contributed by atoms with van der Waals surface area (Å²) < 4.78 is 51.0. The van der Waals surface area contributed by atoms with E-state index in [9.17, 15) is 23.1 Å². The lowest BCUT2D eigenvalue weighted by Crippen LogP contribution is -2.51. The highest BCUT2D eigenvalue weighted by Crippen LogP contribution is 2.34. The predicted octanol–water partition coefficient (Wildman–Crippen LogP) is 2.84. The van der Waals surface area contributed by atoms with E-state index >= 15 is 0 Å². The first-order chi connectivity index (χ1) is 18.5. The summed E-state index contributed by atoms with van der Waals surface area (Å²) >= 11 is 6.39. The topological polar surface area (TPSA) is 111 Å². The van der Waals surface area contributed by atoms with Gasteiger partial charge in [-0.2, -0.15) is 13.9 Å². The fourth-order valence-electron chi connectivity index (χ4n) is 4.26. The monoisotopic (exact) mass is 561 g/mol. The van der Waals surface area contributed by atoms with E-state index in [0.29, 0.717) is 22.8 Å². The number of benzene rings is 2. The Morgan fingerprint density at radius 2 is 2.08 bits per heavy atom. The molecule has 0 saturated carbocycles. The Morgan fingerprint density at radius 1 is 1.31 bits per heavy atom. The second-order valence-corrected chi connectivity index (χ2v) is 9.39. The number of ether oxygens (including phenoxy) is 2. The number of fused-ring (bicyclic) bond motifs is 1. The zero-order valence-electron chi connectivity index (χ0n) is 21.2. The van der Waals surface area contributed by atoms with Gasteiger partial charge >= 0.3 is 6.61 Å². The Balaban J connectivity index is 1.71. The number of nitrogens with one attached hydrogen (secondary N) is 1. The molecule has 204 valence electrons. The van der Waals surface area contributed by atoms with Gasteiger partial charge in [-0.3, -0.25) is 4.79 Å². The second kappa shape index (κ2) is 11.6. The number of hydrogen-bond acceptors (Lipinski definition) is 7. The highest BCUT2D eigenvalue weighted by Gasteiger charge is 2.32. The van der Waals surface area contributed by atoms with Crippen molar-refractivity contribution < 1.29 is 32.5 Å². The molecule has 4 rings (SSSR count). The number of carbonyl (C=O) groups excluding carboxylic acids is 1. The van der Waals surface area contributed by atoms with Crippen LogP contribution in [-0.4, -0.2) is 58.4 Å². The molecule has 39 heavy (non-hydrogen) atoms. The van der Waals surface area contributed by atoms with Crippen LogP contribution < -0.4 is 10.1 Å². The highest BCUT2D eigenvalue weighted by molar-refractivity contribution is 6.31. The third-order valence-electron chi connectivity index (χ3n) is 6.08. The maximum atomic E-state index is 14.4. The van der Waals surface area contributed by atoms with Crippen LogP contribution in [0.5, 0.6) is 5.75 Å². The first-order valence-corrected chi connectivity index (χ1v) is 12.1. The Labute approximate surface area is 227 Å². The Kier molecular flexibility index (Phi) is 8.43. The fraction of sp³-hybridized carbons (Fsp3) is 0.280. The molecule has 2 heterocycles. The smallest absolute Gasteiger partial charge is 0.345 e. The van der Waals surface area contributed by atoms with E-state index in [1.807, 2.05) is 19.1 Å². The Bertz CT molecular complexity index is 1520. The predicted molar refractivity (Wildman–Crippen MR) is 140 cm³/mol. The van der Waals surface area contributed by atoms with E-state index in [4.69, 9.17) is 16.3 Å². The van der Waals surface area contributed by atoms with Gasteiger partial charge in [-0.1, -0.05) is 23.7 Å². The van der Waals surface area contributed by atoms with Crippen LogP contribution in [0.3, 0.4) is 0 Å². The quantitative estimate of drug-likeness (QED) is 0.287. The summed E-state index contributed by atoms with van der Waals surface area (Å²) in [6, 6.07) is 9.41. The summed E-state index contributed by atoms with van der Waals surface area (Å²) in [5.41, 5.74) is 0.813. The van der Waals surface area contributed by atoms with Crippen molar-refractivity contribution >= 4 is 36.3 Å². The van der Waals surface area contributed by atoms with Gasteiger partial charge in [-0.15, -0.1) is 0 Å². The molecule has 0 unspecified atom stereocenters. The first-order valence-electron chi connectivity index (χ1n) is 11.7. The molecule has 0 fully saturated rings. The highest BCUT2D eigenvalue weighted by atomic mass is 35.5. The number of alkyl halides is 2. The number of pyridine rings is 1. The summed E-state index contributed by atoms with van der Waals surface area (Å²) in [7, 11) is 3.18. The maximum absolute atomic E-state index is 14.4. The lowest BCUT2D eigenvalue weighted by atomic mass is 9.71. The molecular weight excluding hydrogens is 538 g/mol. The molecule has 0 saturated heterocycles. The average molecular weight is 562 g/mol. The number of para-hydroxylation sites is 1. The molecule has 0 aliphatic carbocycles. The van der Waals surface area contributed by atoms with E-state index in [0.717, 1.165) is 23.1 Å². The molecule has 4 aromatic rings. The standard InChI is InChI=1S/C25H24BClF3N5O4/c1-13-6-16(23-31-12-32-35(23)2)15-4-3-5-20(22(15)33-13)38-9-17-18(7-14(28)8-19(17)27)25(26,11-36)34-21(37)10-39-24(29)30/h3-8,12,24,36H,9-11,26H2,1-2H3,(H,34,37)/t25-/m0/s1. The molecule has 0 spiro atoms. The van der Waals surface area contributed by atoms with Gasteiger partial charge in [0.2, 0.25) is 5.91 Å². The number of rotatable bonds is 10. The minimum atomic E-state index is -3.16. The molecule has 9 nitrogen and oxygen atoms in total. The molecule has 0 bridgehead atoms. The third-order valence-corrected chi connectivity index (χ3v) is 6.42. The third kappa shape index (κ3) is 6.16. The van der Waals surface area contributed by atoms with Gasteiger partial charge in [0.25, 0.3) is 0 Å². The van der Waals surface area contributed by atoms with Gasteiger partial charge in [0.1, 0.15) is 44.5 Å². The summed E-state index contributed by atoms with van der Waals surface area (Å²) in [5.74, 6) is -0.640. The maximum Gasteiger partial charge on any atom is 0.345 e. The molecule has 1 atom stereocenters. The van der Waals surface area contributed by atoms with Gasteiger partial charge in [0.05, 0.1) is 17.1 Å². The number of aromatic nitrogens is 4. The molecule has 2 aromatic heterocycles. The van der Waals surface area contributed by atoms with E-state index in [1.165, 1.54) is 14.2 Å². The summed E-state index contributed by atoms with van der Waals surface area (Å²) in [5, 5.41) is 17.4.